The number of nitrogens with zero attached hydrogens (tertiary/aromatic N) is 2. The van der Waals surface area contributed by atoms with E-state index in [0.29, 0.717) is 43.4 Å². The summed E-state index contributed by atoms with van der Waals surface area (Å²) in [5.41, 5.74) is 1.69. The minimum atomic E-state index is -1.04. The zero-order chi connectivity index (χ0) is 24.2. The van der Waals surface area contributed by atoms with Crippen molar-refractivity contribution in [2.24, 2.45) is 5.92 Å². The molecule has 2 aliphatic heterocycles. The second kappa shape index (κ2) is 8.68. The molecule has 35 heavy (non-hydrogen) atoms. The molecule has 2 amide bonds. The van der Waals surface area contributed by atoms with E-state index in [1.54, 1.807) is 0 Å². The Hall–Kier alpha value is -2.83. The summed E-state index contributed by atoms with van der Waals surface area (Å²) >= 11 is 6.27. The summed E-state index contributed by atoms with van der Waals surface area (Å²) in [4.78, 5) is 35.5. The summed E-state index contributed by atoms with van der Waals surface area (Å²) in [7, 11) is 0. The second-order valence-electron chi connectivity index (χ2n) is 10.4. The number of carbonyl (C=O) groups excluding carboxylic acids is 2. The lowest BCUT2D eigenvalue weighted by Gasteiger charge is -2.42. The molecule has 0 bridgehead atoms. The second-order valence-corrected chi connectivity index (χ2v) is 10.8. The summed E-state index contributed by atoms with van der Waals surface area (Å²) in [6.45, 7) is 1.67. The molecule has 7 heteroatoms. The van der Waals surface area contributed by atoms with Crippen LogP contribution < -0.4 is 0 Å². The van der Waals surface area contributed by atoms with E-state index in [9.17, 15) is 14.7 Å². The third-order valence-corrected chi connectivity index (χ3v) is 8.31. The van der Waals surface area contributed by atoms with Gasteiger partial charge in [-0.25, -0.2) is 0 Å². The number of nitrogens with one attached hydrogen (secondary N) is 1. The number of hydrogen-bond acceptors (Lipinski definition) is 3. The number of aromatic nitrogens is 1. The quantitative estimate of drug-likeness (QED) is 0.554. The number of halogens is 1. The Morgan fingerprint density at radius 2 is 1.83 bits per heavy atom. The van der Waals surface area contributed by atoms with E-state index in [1.807, 2.05) is 64.5 Å². The number of aromatic amines is 1. The number of carbonyl (C=O) groups is 2. The molecule has 6 nitrogen and oxygen atoms in total. The number of piperidine rings is 1. The fraction of sp³-hybridized carbons (Fsp3) is 0.429. The van der Waals surface area contributed by atoms with Crippen LogP contribution in [0.4, 0.5) is 0 Å². The lowest BCUT2D eigenvalue weighted by molar-refractivity contribution is -0.141. The number of rotatable bonds is 5. The van der Waals surface area contributed by atoms with Gasteiger partial charge >= 0.3 is 0 Å². The van der Waals surface area contributed by atoms with Crippen molar-refractivity contribution in [1.29, 1.82) is 0 Å². The molecule has 2 N–H and O–H groups in total. The zero-order valence-electron chi connectivity index (χ0n) is 19.6. The predicted molar refractivity (Wildman–Crippen MR) is 135 cm³/mol. The first kappa shape index (κ1) is 22.6. The van der Waals surface area contributed by atoms with Gasteiger partial charge in [0.2, 0.25) is 11.8 Å². The number of amides is 2. The van der Waals surface area contributed by atoms with Crippen LogP contribution in [-0.2, 0) is 15.0 Å². The number of H-pyrrole nitrogens is 1. The third kappa shape index (κ3) is 3.83. The van der Waals surface area contributed by atoms with Gasteiger partial charge in [0.25, 0.3) is 0 Å². The van der Waals surface area contributed by atoms with Crippen LogP contribution in [0.2, 0.25) is 5.02 Å². The average molecular weight is 492 g/mol. The van der Waals surface area contributed by atoms with Crippen LogP contribution in [0.5, 0.6) is 0 Å². The molecule has 182 valence electrons. The van der Waals surface area contributed by atoms with E-state index in [2.05, 4.69) is 4.98 Å². The normalized spacial score (nSPS) is 25.5. The van der Waals surface area contributed by atoms with Crippen molar-refractivity contribution in [3.8, 4) is 0 Å². The van der Waals surface area contributed by atoms with Crippen LogP contribution in [0.15, 0.2) is 54.7 Å². The van der Waals surface area contributed by atoms with Crippen molar-refractivity contribution in [1.82, 2.24) is 14.8 Å². The van der Waals surface area contributed by atoms with E-state index in [0.717, 1.165) is 34.9 Å². The monoisotopic (exact) mass is 491 g/mol. The summed E-state index contributed by atoms with van der Waals surface area (Å²) in [5, 5.41) is 11.7. The van der Waals surface area contributed by atoms with Crippen LogP contribution in [-0.4, -0.2) is 57.4 Å². The summed E-state index contributed by atoms with van der Waals surface area (Å²) in [6, 6.07) is 15.1. The maximum atomic E-state index is 14.6. The van der Waals surface area contributed by atoms with Gasteiger partial charge in [0.1, 0.15) is 5.41 Å². The molecule has 2 saturated heterocycles. The molecule has 2 unspecified atom stereocenters. The van der Waals surface area contributed by atoms with Gasteiger partial charge in [0.05, 0.1) is 12.1 Å². The van der Waals surface area contributed by atoms with Crippen molar-refractivity contribution in [3.05, 3.63) is 70.9 Å². The summed E-state index contributed by atoms with van der Waals surface area (Å²) < 4.78 is 0. The SMILES string of the molecule is O=C1CC(C(=O)N2CCC(O)CC2)(c2ccccc2)C(c2c[nH]c3cc(Cl)ccc23)N1CC1CC1. The first-order valence-electron chi connectivity index (χ1n) is 12.6. The molecule has 3 fully saturated rings. The number of fused-ring (bicyclic) bond motifs is 1. The Bertz CT molecular complexity index is 1260. The maximum absolute atomic E-state index is 14.6. The standard InChI is InChI=1S/C28H30ClN3O3/c29-20-8-9-22-23(16-30-24(22)14-20)26-28(19-4-2-1-3-5-19,15-25(34)32(26)17-18-6-7-18)27(35)31-12-10-21(33)11-13-31/h1-5,8-9,14,16,18,21,26,30,33H,6-7,10-13,15,17H2. The minimum absolute atomic E-state index is 0.0180. The molecule has 6 rings (SSSR count). The highest BCUT2D eigenvalue weighted by atomic mass is 35.5. The molecule has 1 aromatic heterocycles. The van der Waals surface area contributed by atoms with Crippen molar-refractivity contribution < 1.29 is 14.7 Å². The van der Waals surface area contributed by atoms with Crippen LogP contribution >= 0.6 is 11.6 Å². The minimum Gasteiger partial charge on any atom is -0.393 e. The van der Waals surface area contributed by atoms with Gasteiger partial charge in [0, 0.05) is 53.7 Å². The Labute approximate surface area is 209 Å². The summed E-state index contributed by atoms with van der Waals surface area (Å²) in [5.74, 6) is 0.503. The highest BCUT2D eigenvalue weighted by molar-refractivity contribution is 6.31. The maximum Gasteiger partial charge on any atom is 0.236 e. The van der Waals surface area contributed by atoms with Gasteiger partial charge in [-0.15, -0.1) is 0 Å². The molecule has 3 heterocycles. The van der Waals surface area contributed by atoms with E-state index >= 15 is 0 Å². The van der Waals surface area contributed by atoms with Crippen molar-refractivity contribution in [2.75, 3.05) is 19.6 Å². The van der Waals surface area contributed by atoms with Crippen LogP contribution in [0.25, 0.3) is 10.9 Å². The lowest BCUT2D eigenvalue weighted by Crippen LogP contribution is -2.52. The molecular weight excluding hydrogens is 462 g/mol. The molecule has 0 radical (unpaired) electrons. The molecule has 0 spiro atoms. The molecule has 1 aliphatic carbocycles. The van der Waals surface area contributed by atoms with Gasteiger partial charge in [-0.1, -0.05) is 48.0 Å². The largest absolute Gasteiger partial charge is 0.393 e. The van der Waals surface area contributed by atoms with Gasteiger partial charge < -0.3 is 19.9 Å². The summed E-state index contributed by atoms with van der Waals surface area (Å²) in [6.07, 6.45) is 5.09. The highest BCUT2D eigenvalue weighted by Crippen LogP contribution is 2.53. The Kier molecular flexibility index (Phi) is 5.61. The number of hydrogen-bond donors (Lipinski definition) is 2. The number of benzene rings is 2. The van der Waals surface area contributed by atoms with E-state index in [-0.39, 0.29) is 24.3 Å². The van der Waals surface area contributed by atoms with Crippen LogP contribution in [0, 0.1) is 5.92 Å². The fourth-order valence-electron chi connectivity index (χ4n) is 6.08. The lowest BCUT2D eigenvalue weighted by atomic mass is 9.70. The Morgan fingerprint density at radius 1 is 1.09 bits per heavy atom. The third-order valence-electron chi connectivity index (χ3n) is 8.07. The van der Waals surface area contributed by atoms with Crippen molar-refractivity contribution in [2.45, 2.75) is 49.7 Å². The van der Waals surface area contributed by atoms with Crippen LogP contribution in [0.1, 0.15) is 49.3 Å². The smallest absolute Gasteiger partial charge is 0.236 e. The first-order chi connectivity index (χ1) is 17.0. The number of likely N-dealkylation sites (tertiary alicyclic amines) is 2. The Morgan fingerprint density at radius 3 is 2.54 bits per heavy atom. The zero-order valence-corrected chi connectivity index (χ0v) is 20.4. The predicted octanol–water partition coefficient (Wildman–Crippen LogP) is 4.43. The molecule has 3 aromatic rings. The first-order valence-corrected chi connectivity index (χ1v) is 12.9. The topological polar surface area (TPSA) is 76.6 Å². The highest BCUT2D eigenvalue weighted by Gasteiger charge is 2.60. The molecule has 1 saturated carbocycles. The van der Waals surface area contributed by atoms with Gasteiger partial charge in [-0.3, -0.25) is 9.59 Å². The van der Waals surface area contributed by atoms with E-state index in [1.165, 1.54) is 0 Å². The molecular formula is C28H30ClN3O3. The number of aliphatic hydroxyl groups excluding tert-OH is 1. The van der Waals surface area contributed by atoms with E-state index < -0.39 is 11.5 Å². The molecule has 3 aliphatic rings. The van der Waals surface area contributed by atoms with Gasteiger partial charge in [0.15, 0.2) is 0 Å². The van der Waals surface area contributed by atoms with Gasteiger partial charge in [-0.2, -0.15) is 0 Å². The average Bonchev–Trinajstić information content (AvgIpc) is 3.53. The number of aliphatic hydroxyl groups is 1. The van der Waals surface area contributed by atoms with E-state index in [4.69, 9.17) is 11.6 Å². The van der Waals surface area contributed by atoms with Crippen molar-refractivity contribution >= 4 is 34.3 Å². The molecule has 2 atom stereocenters. The van der Waals surface area contributed by atoms with Crippen LogP contribution in [0.3, 0.4) is 0 Å². The molecule has 2 aromatic carbocycles. The van der Waals surface area contributed by atoms with Crippen molar-refractivity contribution in [3.63, 3.8) is 0 Å². The Balaban J connectivity index is 1.54. The fourth-order valence-corrected chi connectivity index (χ4v) is 6.25. The van der Waals surface area contributed by atoms with Gasteiger partial charge in [-0.05, 0) is 49.3 Å².